The van der Waals surface area contributed by atoms with Crippen LogP contribution in [0.1, 0.15) is 21.6 Å². The number of aromatic nitrogens is 2. The van der Waals surface area contributed by atoms with Crippen molar-refractivity contribution in [2.24, 2.45) is 0 Å². The fraction of sp³-hybridized carbons (Fsp3) is 0.308. The molecule has 0 saturated heterocycles. The van der Waals surface area contributed by atoms with Crippen molar-refractivity contribution in [1.82, 2.24) is 14.7 Å². The highest BCUT2D eigenvalue weighted by Crippen LogP contribution is 2.23. The van der Waals surface area contributed by atoms with E-state index in [4.69, 9.17) is 4.74 Å². The number of carbonyl (C=O) groups is 1. The topological polar surface area (TPSA) is 76.1 Å². The molecule has 20 heavy (non-hydrogen) atoms. The lowest BCUT2D eigenvalue weighted by atomic mass is 10.2. The van der Waals surface area contributed by atoms with Gasteiger partial charge >= 0.3 is 0 Å². The molecule has 2 N–H and O–H groups in total. The Morgan fingerprint density at radius 1 is 1.45 bits per heavy atom. The van der Waals surface area contributed by atoms with E-state index in [1.807, 2.05) is 13.0 Å². The van der Waals surface area contributed by atoms with Crippen LogP contribution in [0.5, 0.6) is 5.88 Å². The zero-order chi connectivity index (χ0) is 14.5. The van der Waals surface area contributed by atoms with Gasteiger partial charge in [-0.3, -0.25) is 4.79 Å². The molecule has 0 aliphatic rings. The lowest BCUT2D eigenvalue weighted by Crippen LogP contribution is -2.23. The number of hydrogen-bond donors (Lipinski definition) is 2. The van der Waals surface area contributed by atoms with Gasteiger partial charge in [0.15, 0.2) is 0 Å². The zero-order valence-electron chi connectivity index (χ0n) is 11.6. The van der Waals surface area contributed by atoms with E-state index in [0.29, 0.717) is 18.0 Å². The predicted octanol–water partition coefficient (Wildman–Crippen LogP) is 1.83. The normalized spacial score (nSPS) is 10.2. The molecule has 2 aromatic heterocycles. The van der Waals surface area contributed by atoms with Crippen LogP contribution in [0.15, 0.2) is 18.3 Å². The molecule has 7 heteroatoms. The average Bonchev–Trinajstić information content (AvgIpc) is 2.86. The Balaban J connectivity index is 2.02. The number of ether oxygens (including phenoxy) is 1. The molecule has 2 heterocycles. The largest absolute Gasteiger partial charge is 0.481 e. The summed E-state index contributed by atoms with van der Waals surface area (Å²) < 4.78 is 9.16. The van der Waals surface area contributed by atoms with Crippen LogP contribution in [-0.4, -0.2) is 29.4 Å². The van der Waals surface area contributed by atoms with E-state index >= 15 is 0 Å². The van der Waals surface area contributed by atoms with Gasteiger partial charge in [0, 0.05) is 25.9 Å². The van der Waals surface area contributed by atoms with Crippen molar-refractivity contribution < 1.29 is 9.53 Å². The molecular formula is C13H16N4O2S. The smallest absolute Gasteiger partial charge is 0.256 e. The van der Waals surface area contributed by atoms with E-state index in [0.717, 1.165) is 16.3 Å². The Morgan fingerprint density at radius 2 is 2.25 bits per heavy atom. The third-order valence-corrected chi connectivity index (χ3v) is 3.73. The van der Waals surface area contributed by atoms with Gasteiger partial charge in [0.05, 0.1) is 18.4 Å². The first-order chi connectivity index (χ1) is 9.65. The summed E-state index contributed by atoms with van der Waals surface area (Å²) in [6.07, 6.45) is 1.68. The molecule has 1 amide bonds. The zero-order valence-corrected chi connectivity index (χ0v) is 12.4. The van der Waals surface area contributed by atoms with Gasteiger partial charge in [-0.05, 0) is 24.0 Å². The monoisotopic (exact) mass is 292 g/mol. The number of anilines is 1. The fourth-order valence-corrected chi connectivity index (χ4v) is 2.46. The maximum absolute atomic E-state index is 12.2. The van der Waals surface area contributed by atoms with Gasteiger partial charge in [-0.25, -0.2) is 4.98 Å². The van der Waals surface area contributed by atoms with E-state index in [1.54, 1.807) is 26.4 Å². The van der Waals surface area contributed by atoms with Crippen molar-refractivity contribution in [2.75, 3.05) is 19.5 Å². The van der Waals surface area contributed by atoms with Crippen molar-refractivity contribution in [3.05, 3.63) is 35.2 Å². The number of rotatable bonds is 5. The molecule has 0 aromatic carbocycles. The van der Waals surface area contributed by atoms with Crippen LogP contribution in [0.2, 0.25) is 0 Å². The minimum absolute atomic E-state index is 0.142. The van der Waals surface area contributed by atoms with E-state index < -0.39 is 0 Å². The van der Waals surface area contributed by atoms with Gasteiger partial charge in [0.1, 0.15) is 5.00 Å². The molecule has 0 aliphatic carbocycles. The summed E-state index contributed by atoms with van der Waals surface area (Å²) in [5, 5.41) is 6.61. The van der Waals surface area contributed by atoms with Gasteiger partial charge < -0.3 is 15.4 Å². The molecular weight excluding hydrogens is 276 g/mol. The van der Waals surface area contributed by atoms with Crippen molar-refractivity contribution in [1.29, 1.82) is 0 Å². The highest BCUT2D eigenvalue weighted by atomic mass is 32.1. The number of nitrogens with one attached hydrogen (secondary N) is 2. The number of methoxy groups -OCH3 is 1. The van der Waals surface area contributed by atoms with Gasteiger partial charge in [-0.15, -0.1) is 0 Å². The van der Waals surface area contributed by atoms with E-state index in [2.05, 4.69) is 20.0 Å². The molecule has 106 valence electrons. The molecule has 0 unspecified atom stereocenters. The summed E-state index contributed by atoms with van der Waals surface area (Å²) in [7, 11) is 3.34. The van der Waals surface area contributed by atoms with Crippen molar-refractivity contribution >= 4 is 22.4 Å². The molecule has 0 spiro atoms. The Labute approximate surface area is 121 Å². The fourth-order valence-electron chi connectivity index (χ4n) is 1.71. The summed E-state index contributed by atoms with van der Waals surface area (Å²) in [4.78, 5) is 16.3. The quantitative estimate of drug-likeness (QED) is 0.879. The van der Waals surface area contributed by atoms with E-state index in [9.17, 15) is 4.79 Å². The first kappa shape index (κ1) is 14.3. The molecule has 6 nitrogen and oxygen atoms in total. The van der Waals surface area contributed by atoms with Crippen LogP contribution in [0, 0.1) is 6.92 Å². The Bertz CT molecular complexity index is 595. The highest BCUT2D eigenvalue weighted by Gasteiger charge is 2.17. The average molecular weight is 292 g/mol. The second kappa shape index (κ2) is 6.33. The third kappa shape index (κ3) is 3.05. The first-order valence-corrected chi connectivity index (χ1v) is 6.84. The highest BCUT2D eigenvalue weighted by molar-refractivity contribution is 7.10. The molecule has 0 fully saturated rings. The summed E-state index contributed by atoms with van der Waals surface area (Å²) in [6.45, 7) is 2.23. The molecule has 2 rings (SSSR count). The van der Waals surface area contributed by atoms with Crippen molar-refractivity contribution in [3.63, 3.8) is 0 Å². The van der Waals surface area contributed by atoms with Crippen LogP contribution < -0.4 is 15.4 Å². The number of aryl methyl sites for hydroxylation is 1. The maximum atomic E-state index is 12.2. The molecule has 0 aliphatic heterocycles. The molecule has 0 saturated carbocycles. The molecule has 0 bridgehead atoms. The van der Waals surface area contributed by atoms with Crippen LogP contribution in [0.3, 0.4) is 0 Å². The number of carbonyl (C=O) groups excluding carboxylic acids is 1. The summed E-state index contributed by atoms with van der Waals surface area (Å²) in [5.74, 6) is 0.409. The van der Waals surface area contributed by atoms with Gasteiger partial charge in [0.2, 0.25) is 5.88 Å². The number of nitrogens with zero attached hydrogens (tertiary/aromatic N) is 2. The number of amides is 1. The Hall–Kier alpha value is -2.15. The van der Waals surface area contributed by atoms with Crippen molar-refractivity contribution in [2.45, 2.75) is 13.5 Å². The lowest BCUT2D eigenvalue weighted by molar-refractivity contribution is 0.0951. The van der Waals surface area contributed by atoms with E-state index in [1.165, 1.54) is 11.5 Å². The SMILES string of the molecule is CNc1snc(C)c1C(=O)NCc1ccc(OC)nc1. The predicted molar refractivity (Wildman–Crippen MR) is 78.4 cm³/mol. The Kier molecular flexibility index (Phi) is 4.52. The van der Waals surface area contributed by atoms with E-state index in [-0.39, 0.29) is 5.91 Å². The van der Waals surface area contributed by atoms with Gasteiger partial charge in [-0.2, -0.15) is 4.37 Å². The molecule has 0 radical (unpaired) electrons. The van der Waals surface area contributed by atoms with Crippen LogP contribution >= 0.6 is 11.5 Å². The second-order valence-electron chi connectivity index (χ2n) is 4.11. The lowest BCUT2D eigenvalue weighted by Gasteiger charge is -2.07. The van der Waals surface area contributed by atoms with Gasteiger partial charge in [0.25, 0.3) is 5.91 Å². The van der Waals surface area contributed by atoms with Crippen LogP contribution in [0.25, 0.3) is 0 Å². The summed E-state index contributed by atoms with van der Waals surface area (Å²) in [5.41, 5.74) is 2.23. The summed E-state index contributed by atoms with van der Waals surface area (Å²) in [6, 6.07) is 3.63. The minimum Gasteiger partial charge on any atom is -0.481 e. The first-order valence-electron chi connectivity index (χ1n) is 6.07. The van der Waals surface area contributed by atoms with Crippen molar-refractivity contribution in [3.8, 4) is 5.88 Å². The number of hydrogen-bond acceptors (Lipinski definition) is 6. The summed E-state index contributed by atoms with van der Waals surface area (Å²) >= 11 is 1.28. The van der Waals surface area contributed by atoms with Crippen LogP contribution in [0.4, 0.5) is 5.00 Å². The minimum atomic E-state index is -0.142. The van der Waals surface area contributed by atoms with Crippen LogP contribution in [-0.2, 0) is 6.54 Å². The maximum Gasteiger partial charge on any atom is 0.256 e. The number of pyridine rings is 1. The van der Waals surface area contributed by atoms with Gasteiger partial charge in [-0.1, -0.05) is 6.07 Å². The third-order valence-electron chi connectivity index (χ3n) is 2.78. The Morgan fingerprint density at radius 3 is 2.85 bits per heavy atom. The standard InChI is InChI=1S/C13H16N4O2S/c1-8-11(13(14-2)20-17-8)12(18)16-7-9-4-5-10(19-3)15-6-9/h4-6,14H,7H2,1-3H3,(H,16,18). The molecule has 0 atom stereocenters. The second-order valence-corrected chi connectivity index (χ2v) is 4.89. The molecule has 2 aromatic rings.